The Morgan fingerprint density at radius 3 is 2.15 bits per heavy atom. The highest BCUT2D eigenvalue weighted by atomic mass is 32.2. The molecule has 0 aromatic heterocycles. The van der Waals surface area contributed by atoms with Crippen molar-refractivity contribution in [2.75, 3.05) is 26.3 Å². The summed E-state index contributed by atoms with van der Waals surface area (Å²) in [6, 6.07) is 0. The molecule has 1 rings (SSSR count). The van der Waals surface area contributed by atoms with Gasteiger partial charge in [-0.3, -0.25) is 0 Å². The number of aliphatic hydroxyl groups excluding tert-OH is 2. The van der Waals surface area contributed by atoms with Crippen molar-refractivity contribution < 1.29 is 18.6 Å². The Hall–Kier alpha value is -0.170. The number of hydrogen-bond acceptors (Lipinski definition) is 4. The highest BCUT2D eigenvalue weighted by molar-refractivity contribution is 7.89. The summed E-state index contributed by atoms with van der Waals surface area (Å²) in [5.41, 5.74) is 0. The zero-order valence-electron chi connectivity index (χ0n) is 12.8. The molecule has 1 fully saturated rings. The van der Waals surface area contributed by atoms with Crippen LogP contribution in [0.25, 0.3) is 0 Å². The van der Waals surface area contributed by atoms with E-state index >= 15 is 0 Å². The fraction of sp³-hybridized carbons (Fsp3) is 1.00. The van der Waals surface area contributed by atoms with E-state index in [0.717, 1.165) is 12.8 Å². The van der Waals surface area contributed by atoms with Gasteiger partial charge in [0.15, 0.2) is 0 Å². The smallest absolute Gasteiger partial charge is 0.217 e. The lowest BCUT2D eigenvalue weighted by molar-refractivity contribution is 0.201. The van der Waals surface area contributed by atoms with Gasteiger partial charge in [-0.15, -0.1) is 0 Å². The third kappa shape index (κ3) is 4.16. The topological polar surface area (TPSA) is 77.8 Å². The van der Waals surface area contributed by atoms with E-state index in [4.69, 9.17) is 10.2 Å². The zero-order chi connectivity index (χ0) is 15.3. The molecule has 3 atom stereocenters. The van der Waals surface area contributed by atoms with E-state index in [2.05, 4.69) is 20.8 Å². The third-order valence-electron chi connectivity index (χ3n) is 4.40. The van der Waals surface area contributed by atoms with E-state index in [9.17, 15) is 8.42 Å². The van der Waals surface area contributed by atoms with Gasteiger partial charge < -0.3 is 10.2 Å². The largest absolute Gasteiger partial charge is 0.395 e. The Bertz CT molecular complexity index is 377. The van der Waals surface area contributed by atoms with Crippen LogP contribution in [0.5, 0.6) is 0 Å². The third-order valence-corrected chi connectivity index (χ3v) is 6.79. The Morgan fingerprint density at radius 1 is 1.15 bits per heavy atom. The molecule has 1 saturated carbocycles. The summed E-state index contributed by atoms with van der Waals surface area (Å²) >= 11 is 0. The maximum absolute atomic E-state index is 12.8. The summed E-state index contributed by atoms with van der Waals surface area (Å²) in [6.45, 7) is 5.96. The van der Waals surface area contributed by atoms with Gasteiger partial charge in [0.05, 0.1) is 18.5 Å². The number of sulfonamides is 1. The fourth-order valence-corrected chi connectivity index (χ4v) is 5.76. The van der Waals surface area contributed by atoms with Crippen LogP contribution in [0.15, 0.2) is 0 Å². The van der Waals surface area contributed by atoms with Crippen LogP contribution >= 0.6 is 0 Å². The van der Waals surface area contributed by atoms with Gasteiger partial charge in [-0.1, -0.05) is 27.2 Å². The minimum atomic E-state index is -3.46. The normalized spacial score (nSPS) is 28.2. The van der Waals surface area contributed by atoms with Gasteiger partial charge in [-0.2, -0.15) is 4.31 Å². The van der Waals surface area contributed by atoms with Crippen LogP contribution in [0.3, 0.4) is 0 Å². The molecule has 1 aliphatic carbocycles. The number of nitrogens with zero attached hydrogens (tertiary/aromatic N) is 1. The summed E-state index contributed by atoms with van der Waals surface area (Å²) in [6.07, 6.45) is 2.70. The van der Waals surface area contributed by atoms with Crippen molar-refractivity contribution in [3.63, 3.8) is 0 Å². The van der Waals surface area contributed by atoms with Gasteiger partial charge in [-0.25, -0.2) is 8.42 Å². The number of hydrogen-bond donors (Lipinski definition) is 2. The Balaban J connectivity index is 3.00. The van der Waals surface area contributed by atoms with Gasteiger partial charge in [0, 0.05) is 13.1 Å². The SMILES string of the molecule is CC1CCC(C(C)C)C(S(=O)(=O)N(CCO)CCO)C1. The van der Waals surface area contributed by atoms with E-state index in [-0.39, 0.29) is 37.5 Å². The van der Waals surface area contributed by atoms with Gasteiger partial charge in [0.2, 0.25) is 10.0 Å². The second-order valence-corrected chi connectivity index (χ2v) is 8.41. The summed E-state index contributed by atoms with van der Waals surface area (Å²) in [4.78, 5) is 0. The molecule has 0 amide bonds. The summed E-state index contributed by atoms with van der Waals surface area (Å²) in [5, 5.41) is 17.7. The fourth-order valence-electron chi connectivity index (χ4n) is 3.24. The van der Waals surface area contributed by atoms with Crippen LogP contribution in [0.4, 0.5) is 0 Å². The molecule has 3 unspecified atom stereocenters. The first-order valence-corrected chi connectivity index (χ1v) is 9.05. The minimum absolute atomic E-state index is 0.0680. The van der Waals surface area contributed by atoms with Crippen molar-refractivity contribution in [2.24, 2.45) is 17.8 Å². The monoisotopic (exact) mass is 307 g/mol. The maximum Gasteiger partial charge on any atom is 0.217 e. The van der Waals surface area contributed by atoms with E-state index in [1.165, 1.54) is 4.31 Å². The second-order valence-electron chi connectivity index (χ2n) is 6.26. The van der Waals surface area contributed by atoms with Crippen LogP contribution < -0.4 is 0 Å². The van der Waals surface area contributed by atoms with Crippen LogP contribution in [-0.4, -0.2) is 54.5 Å². The maximum atomic E-state index is 12.8. The van der Waals surface area contributed by atoms with Gasteiger partial charge in [0.25, 0.3) is 0 Å². The Morgan fingerprint density at radius 2 is 1.70 bits per heavy atom. The predicted molar refractivity (Wildman–Crippen MR) is 79.8 cm³/mol. The summed E-state index contributed by atoms with van der Waals surface area (Å²) in [5.74, 6) is 0.901. The first-order valence-electron chi connectivity index (χ1n) is 7.55. The van der Waals surface area contributed by atoms with Crippen molar-refractivity contribution in [3.05, 3.63) is 0 Å². The molecule has 20 heavy (non-hydrogen) atoms. The van der Waals surface area contributed by atoms with E-state index in [1.807, 2.05) is 0 Å². The minimum Gasteiger partial charge on any atom is -0.395 e. The van der Waals surface area contributed by atoms with E-state index in [0.29, 0.717) is 18.3 Å². The number of aliphatic hydroxyl groups is 2. The van der Waals surface area contributed by atoms with Gasteiger partial charge in [-0.05, 0) is 30.6 Å². The molecule has 0 aromatic carbocycles. The molecule has 0 heterocycles. The van der Waals surface area contributed by atoms with Crippen LogP contribution in [0.2, 0.25) is 0 Å². The predicted octanol–water partition coefficient (Wildman–Crippen LogP) is 1.06. The summed E-state index contributed by atoms with van der Waals surface area (Å²) < 4.78 is 26.9. The lowest BCUT2D eigenvalue weighted by Gasteiger charge is -2.39. The van der Waals surface area contributed by atoms with Crippen LogP contribution in [0.1, 0.15) is 40.0 Å². The van der Waals surface area contributed by atoms with E-state index < -0.39 is 10.0 Å². The van der Waals surface area contributed by atoms with Crippen molar-refractivity contribution in [1.29, 1.82) is 0 Å². The second kappa shape index (κ2) is 7.73. The molecule has 5 nitrogen and oxygen atoms in total. The molecule has 0 aliphatic heterocycles. The Labute approximate surface area is 123 Å². The highest BCUT2D eigenvalue weighted by Gasteiger charge is 2.41. The van der Waals surface area contributed by atoms with Crippen LogP contribution in [-0.2, 0) is 10.0 Å². The molecule has 2 N–H and O–H groups in total. The van der Waals surface area contributed by atoms with Gasteiger partial charge in [0.1, 0.15) is 0 Å². The molecular weight excluding hydrogens is 278 g/mol. The van der Waals surface area contributed by atoms with Crippen molar-refractivity contribution in [2.45, 2.75) is 45.3 Å². The molecule has 0 radical (unpaired) electrons. The lowest BCUT2D eigenvalue weighted by atomic mass is 9.77. The molecule has 0 spiro atoms. The molecule has 0 aromatic rings. The average Bonchev–Trinajstić information content (AvgIpc) is 2.38. The molecule has 6 heteroatoms. The lowest BCUT2D eigenvalue weighted by Crippen LogP contribution is -2.47. The van der Waals surface area contributed by atoms with Gasteiger partial charge >= 0.3 is 0 Å². The molecule has 0 saturated heterocycles. The van der Waals surface area contributed by atoms with Crippen LogP contribution in [0, 0.1) is 17.8 Å². The zero-order valence-corrected chi connectivity index (χ0v) is 13.6. The molecule has 1 aliphatic rings. The first-order chi connectivity index (χ1) is 9.34. The van der Waals surface area contributed by atoms with Crippen molar-refractivity contribution in [3.8, 4) is 0 Å². The first kappa shape index (κ1) is 17.9. The standard InChI is InChI=1S/C14H29NO4S/c1-11(2)13-5-4-12(3)10-14(13)20(18,19)15(6-8-16)7-9-17/h11-14,16-17H,4-10H2,1-3H3. The van der Waals surface area contributed by atoms with Crippen molar-refractivity contribution >= 4 is 10.0 Å². The Kier molecular flexibility index (Phi) is 6.91. The average molecular weight is 307 g/mol. The van der Waals surface area contributed by atoms with E-state index in [1.54, 1.807) is 0 Å². The molecular formula is C14H29NO4S. The highest BCUT2D eigenvalue weighted by Crippen LogP contribution is 2.38. The number of rotatable bonds is 7. The quantitative estimate of drug-likeness (QED) is 0.737. The molecule has 120 valence electrons. The molecule has 0 bridgehead atoms. The van der Waals surface area contributed by atoms with Crippen molar-refractivity contribution in [1.82, 2.24) is 4.31 Å². The summed E-state index contributed by atoms with van der Waals surface area (Å²) in [7, 11) is -3.46.